The van der Waals surface area contributed by atoms with Gasteiger partial charge in [0.2, 0.25) is 10.0 Å². The molecule has 2 aliphatic rings. The molecule has 2 heterocycles. The van der Waals surface area contributed by atoms with E-state index in [9.17, 15) is 13.5 Å². The zero-order chi connectivity index (χ0) is 10.3. The minimum Gasteiger partial charge on any atom is -0.390 e. The lowest BCUT2D eigenvalue weighted by Crippen LogP contribution is -2.40. The van der Waals surface area contributed by atoms with Gasteiger partial charge in [-0.3, -0.25) is 4.90 Å². The number of nitrogens with zero attached hydrogens (tertiary/aromatic N) is 2. The average molecular weight is 220 g/mol. The topological polar surface area (TPSA) is 60.9 Å². The van der Waals surface area contributed by atoms with Crippen LogP contribution in [0.3, 0.4) is 0 Å². The van der Waals surface area contributed by atoms with Gasteiger partial charge in [-0.2, -0.15) is 4.31 Å². The van der Waals surface area contributed by atoms with Crippen molar-refractivity contribution in [2.75, 3.05) is 26.0 Å². The third-order valence-corrected chi connectivity index (χ3v) is 4.92. The quantitative estimate of drug-likeness (QED) is 0.571. The van der Waals surface area contributed by atoms with Crippen LogP contribution < -0.4 is 0 Å². The van der Waals surface area contributed by atoms with Crippen molar-refractivity contribution in [1.82, 2.24) is 9.21 Å². The van der Waals surface area contributed by atoms with Gasteiger partial charge in [0.05, 0.1) is 18.5 Å². The molecule has 5 nitrogen and oxygen atoms in total. The maximum atomic E-state index is 11.6. The van der Waals surface area contributed by atoms with E-state index in [4.69, 9.17) is 0 Å². The van der Waals surface area contributed by atoms with Crippen LogP contribution in [0.1, 0.15) is 12.8 Å². The van der Waals surface area contributed by atoms with Crippen LogP contribution >= 0.6 is 0 Å². The Morgan fingerprint density at radius 1 is 1.43 bits per heavy atom. The summed E-state index contributed by atoms with van der Waals surface area (Å²) in [7, 11) is -1.68. The molecule has 1 N–H and O–H groups in total. The lowest BCUT2D eigenvalue weighted by atomic mass is 10.1. The van der Waals surface area contributed by atoms with E-state index < -0.39 is 16.1 Å². The Balaban J connectivity index is 2.25. The number of aliphatic hydroxyl groups excluding tert-OH is 1. The summed E-state index contributed by atoms with van der Waals surface area (Å²) in [5, 5.41) is 9.77. The molecule has 0 bridgehead atoms. The predicted molar refractivity (Wildman–Crippen MR) is 52.2 cm³/mol. The van der Waals surface area contributed by atoms with Crippen molar-refractivity contribution < 1.29 is 13.5 Å². The predicted octanol–water partition coefficient (Wildman–Crippen LogP) is -0.956. The van der Waals surface area contributed by atoms with Gasteiger partial charge >= 0.3 is 0 Å². The first-order valence-corrected chi connectivity index (χ1v) is 6.48. The molecule has 2 atom stereocenters. The zero-order valence-corrected chi connectivity index (χ0v) is 9.07. The average Bonchev–Trinajstić information content (AvgIpc) is 2.48. The zero-order valence-electron chi connectivity index (χ0n) is 8.26. The minimum atomic E-state index is -3.25. The fourth-order valence-corrected chi connectivity index (χ4v) is 3.49. The van der Waals surface area contributed by atoms with E-state index >= 15 is 0 Å². The first kappa shape index (κ1) is 10.4. The lowest BCUT2D eigenvalue weighted by molar-refractivity contribution is 0.0838. The molecule has 0 amide bonds. The van der Waals surface area contributed by atoms with Crippen LogP contribution in [0, 0.1) is 0 Å². The van der Waals surface area contributed by atoms with Crippen LogP contribution in [-0.4, -0.2) is 60.9 Å². The Morgan fingerprint density at radius 2 is 2.14 bits per heavy atom. The Kier molecular flexibility index (Phi) is 2.55. The van der Waals surface area contributed by atoms with E-state index in [2.05, 4.69) is 4.90 Å². The number of sulfonamides is 1. The summed E-state index contributed by atoms with van der Waals surface area (Å²) in [6, 6.07) is 0.0368. The molecule has 0 spiro atoms. The lowest BCUT2D eigenvalue weighted by Gasteiger charge is -2.25. The molecule has 0 saturated carbocycles. The highest BCUT2D eigenvalue weighted by molar-refractivity contribution is 7.89. The molecular formula is C8H16N2O3S. The number of fused-ring (bicyclic) bond motifs is 1. The highest BCUT2D eigenvalue weighted by Gasteiger charge is 2.39. The van der Waals surface area contributed by atoms with Crippen LogP contribution in [0.5, 0.6) is 0 Å². The van der Waals surface area contributed by atoms with Gasteiger partial charge in [0, 0.05) is 13.1 Å². The molecule has 2 fully saturated rings. The largest absolute Gasteiger partial charge is 0.390 e. The van der Waals surface area contributed by atoms with E-state index in [0.29, 0.717) is 6.67 Å². The molecule has 0 aliphatic carbocycles. The van der Waals surface area contributed by atoms with Crippen molar-refractivity contribution in [3.05, 3.63) is 0 Å². The molecule has 2 aliphatic heterocycles. The number of hydrogen-bond donors (Lipinski definition) is 1. The molecule has 0 aromatic carbocycles. The van der Waals surface area contributed by atoms with Crippen LogP contribution in [-0.2, 0) is 10.0 Å². The monoisotopic (exact) mass is 220 g/mol. The second-order valence-corrected chi connectivity index (χ2v) is 6.23. The van der Waals surface area contributed by atoms with E-state index in [1.807, 2.05) is 0 Å². The Hall–Kier alpha value is -0.170. The Labute approximate surface area is 84.4 Å². The van der Waals surface area contributed by atoms with Gasteiger partial charge in [-0.15, -0.1) is 0 Å². The van der Waals surface area contributed by atoms with Gasteiger partial charge in [-0.25, -0.2) is 8.42 Å². The molecule has 14 heavy (non-hydrogen) atoms. The third kappa shape index (κ3) is 1.67. The first-order chi connectivity index (χ1) is 6.50. The highest BCUT2D eigenvalue weighted by Crippen LogP contribution is 2.24. The van der Waals surface area contributed by atoms with Crippen molar-refractivity contribution in [3.8, 4) is 0 Å². The van der Waals surface area contributed by atoms with Gasteiger partial charge in [-0.05, 0) is 19.4 Å². The summed E-state index contributed by atoms with van der Waals surface area (Å²) >= 11 is 0. The summed E-state index contributed by atoms with van der Waals surface area (Å²) in [6.45, 7) is 1.31. The molecule has 2 saturated heterocycles. The van der Waals surface area contributed by atoms with E-state index in [0.717, 1.165) is 19.4 Å². The molecule has 0 aromatic heterocycles. The normalized spacial score (nSPS) is 39.3. The van der Waals surface area contributed by atoms with Gasteiger partial charge in [0.1, 0.15) is 0 Å². The summed E-state index contributed by atoms with van der Waals surface area (Å²) in [5.41, 5.74) is 0. The standard InChI is InChI=1S/C8H16N2O3S/c1-9-6-10-4-2-3-7(10)8(11)5-14(9,12)13/h7-8,11H,2-6H2,1H3. The van der Waals surface area contributed by atoms with E-state index in [-0.39, 0.29) is 11.8 Å². The van der Waals surface area contributed by atoms with Crippen molar-refractivity contribution >= 4 is 10.0 Å². The molecule has 82 valence electrons. The highest BCUT2D eigenvalue weighted by atomic mass is 32.2. The van der Waals surface area contributed by atoms with Gasteiger partial charge < -0.3 is 5.11 Å². The second kappa shape index (κ2) is 3.44. The fourth-order valence-electron chi connectivity index (χ4n) is 2.26. The summed E-state index contributed by atoms with van der Waals surface area (Å²) < 4.78 is 24.5. The smallest absolute Gasteiger partial charge is 0.217 e. The number of rotatable bonds is 0. The SMILES string of the molecule is CN1CN2CCCC2C(O)CS1(=O)=O. The van der Waals surface area contributed by atoms with Crippen molar-refractivity contribution in [3.63, 3.8) is 0 Å². The minimum absolute atomic E-state index is 0.0368. The number of aliphatic hydroxyl groups is 1. The van der Waals surface area contributed by atoms with Crippen molar-refractivity contribution in [2.24, 2.45) is 0 Å². The number of hydrogen-bond acceptors (Lipinski definition) is 4. The van der Waals surface area contributed by atoms with Gasteiger partial charge in [-0.1, -0.05) is 0 Å². The van der Waals surface area contributed by atoms with E-state index in [1.54, 1.807) is 7.05 Å². The summed E-state index contributed by atoms with van der Waals surface area (Å²) in [4.78, 5) is 2.05. The van der Waals surface area contributed by atoms with Crippen molar-refractivity contribution in [1.29, 1.82) is 0 Å². The molecular weight excluding hydrogens is 204 g/mol. The maximum absolute atomic E-state index is 11.6. The van der Waals surface area contributed by atoms with Crippen LogP contribution in [0.25, 0.3) is 0 Å². The third-order valence-electron chi connectivity index (χ3n) is 3.10. The van der Waals surface area contributed by atoms with Gasteiger partial charge in [0.25, 0.3) is 0 Å². The Bertz CT molecular complexity index is 317. The van der Waals surface area contributed by atoms with E-state index in [1.165, 1.54) is 4.31 Å². The van der Waals surface area contributed by atoms with Gasteiger partial charge in [0.15, 0.2) is 0 Å². The summed E-state index contributed by atoms with van der Waals surface area (Å²) in [6.07, 6.45) is 1.23. The molecule has 6 heteroatoms. The molecule has 0 aromatic rings. The van der Waals surface area contributed by atoms with Crippen LogP contribution in [0.15, 0.2) is 0 Å². The fraction of sp³-hybridized carbons (Fsp3) is 1.00. The molecule has 2 unspecified atom stereocenters. The van der Waals surface area contributed by atoms with Crippen LogP contribution in [0.2, 0.25) is 0 Å². The molecule has 0 radical (unpaired) electrons. The summed E-state index contributed by atoms with van der Waals surface area (Å²) in [5.74, 6) is -0.134. The molecule has 2 rings (SSSR count). The second-order valence-electron chi connectivity index (χ2n) is 4.11. The Morgan fingerprint density at radius 3 is 2.86 bits per heavy atom. The van der Waals surface area contributed by atoms with Crippen molar-refractivity contribution in [2.45, 2.75) is 25.0 Å². The maximum Gasteiger partial charge on any atom is 0.217 e. The van der Waals surface area contributed by atoms with Crippen LogP contribution in [0.4, 0.5) is 0 Å². The first-order valence-electron chi connectivity index (χ1n) is 4.87.